The number of hydrogen-bond donors (Lipinski definition) is 1. The molecule has 1 aliphatic rings. The molecule has 1 aromatic rings. The first-order valence-corrected chi connectivity index (χ1v) is 7.10. The Morgan fingerprint density at radius 2 is 1.90 bits per heavy atom. The van der Waals surface area contributed by atoms with Crippen molar-refractivity contribution in [1.82, 2.24) is 10.2 Å². The SMILES string of the molecule is CCC1(C)NC(=O)CCN(Cc2ccc(C)cc2)C1=O. The summed E-state index contributed by atoms with van der Waals surface area (Å²) in [5.74, 6) is -0.0412. The van der Waals surface area contributed by atoms with Crippen molar-refractivity contribution in [2.24, 2.45) is 0 Å². The smallest absolute Gasteiger partial charge is 0.248 e. The second-order valence-electron chi connectivity index (χ2n) is 5.70. The number of rotatable bonds is 3. The van der Waals surface area contributed by atoms with Crippen LogP contribution in [-0.4, -0.2) is 28.8 Å². The highest BCUT2D eigenvalue weighted by Crippen LogP contribution is 2.19. The van der Waals surface area contributed by atoms with Crippen molar-refractivity contribution in [2.45, 2.75) is 45.7 Å². The lowest BCUT2D eigenvalue weighted by molar-refractivity contribution is -0.138. The van der Waals surface area contributed by atoms with E-state index in [1.54, 1.807) is 11.8 Å². The molecule has 0 bridgehead atoms. The van der Waals surface area contributed by atoms with Gasteiger partial charge in [0.2, 0.25) is 11.8 Å². The largest absolute Gasteiger partial charge is 0.342 e. The lowest BCUT2D eigenvalue weighted by Gasteiger charge is -2.31. The molecule has 0 saturated carbocycles. The minimum atomic E-state index is -0.779. The summed E-state index contributed by atoms with van der Waals surface area (Å²) in [6.45, 7) is 6.81. The molecule has 1 atom stereocenters. The van der Waals surface area contributed by atoms with Gasteiger partial charge in [-0.05, 0) is 25.8 Å². The van der Waals surface area contributed by atoms with Crippen molar-refractivity contribution in [2.75, 3.05) is 6.54 Å². The predicted octanol–water partition coefficient (Wildman–Crippen LogP) is 2.01. The number of benzene rings is 1. The van der Waals surface area contributed by atoms with E-state index in [4.69, 9.17) is 0 Å². The fraction of sp³-hybridized carbons (Fsp3) is 0.500. The third kappa shape index (κ3) is 3.00. The Hall–Kier alpha value is -1.84. The Labute approximate surface area is 120 Å². The second-order valence-corrected chi connectivity index (χ2v) is 5.70. The number of nitrogens with one attached hydrogen (secondary N) is 1. The molecule has 108 valence electrons. The van der Waals surface area contributed by atoms with Crippen LogP contribution >= 0.6 is 0 Å². The normalized spacial score (nSPS) is 23.4. The van der Waals surface area contributed by atoms with E-state index >= 15 is 0 Å². The molecule has 1 unspecified atom stereocenters. The Bertz CT molecular complexity index is 510. The molecule has 4 heteroatoms. The Morgan fingerprint density at radius 3 is 2.50 bits per heavy atom. The van der Waals surface area contributed by atoms with E-state index in [2.05, 4.69) is 5.32 Å². The molecule has 0 spiro atoms. The maximum absolute atomic E-state index is 12.6. The molecule has 0 aliphatic carbocycles. The Kier molecular flexibility index (Phi) is 4.12. The van der Waals surface area contributed by atoms with E-state index in [1.165, 1.54) is 5.56 Å². The lowest BCUT2D eigenvalue weighted by atomic mass is 9.97. The van der Waals surface area contributed by atoms with Crippen LogP contribution < -0.4 is 5.32 Å². The molecule has 1 aliphatic heterocycles. The average Bonchev–Trinajstić information content (AvgIpc) is 2.53. The molecule has 1 fully saturated rings. The monoisotopic (exact) mass is 274 g/mol. The molecular formula is C16H22N2O2. The van der Waals surface area contributed by atoms with Crippen LogP contribution in [0.25, 0.3) is 0 Å². The van der Waals surface area contributed by atoms with Gasteiger partial charge in [0.05, 0.1) is 0 Å². The van der Waals surface area contributed by atoms with Crippen LogP contribution in [-0.2, 0) is 16.1 Å². The van der Waals surface area contributed by atoms with Crippen LogP contribution in [0.1, 0.15) is 37.8 Å². The number of carbonyl (C=O) groups excluding carboxylic acids is 2. The van der Waals surface area contributed by atoms with E-state index in [0.29, 0.717) is 25.9 Å². The summed E-state index contributed by atoms with van der Waals surface area (Å²) in [6, 6.07) is 8.15. The van der Waals surface area contributed by atoms with Crippen molar-refractivity contribution in [3.63, 3.8) is 0 Å². The lowest BCUT2D eigenvalue weighted by Crippen LogP contribution is -2.54. The van der Waals surface area contributed by atoms with Crippen molar-refractivity contribution in [1.29, 1.82) is 0 Å². The van der Waals surface area contributed by atoms with Gasteiger partial charge in [0.1, 0.15) is 5.54 Å². The zero-order chi connectivity index (χ0) is 14.8. The van der Waals surface area contributed by atoms with Crippen LogP contribution in [0.4, 0.5) is 0 Å². The van der Waals surface area contributed by atoms with Gasteiger partial charge < -0.3 is 10.2 Å². The molecule has 0 radical (unpaired) electrons. The third-order valence-corrected chi connectivity index (χ3v) is 3.98. The van der Waals surface area contributed by atoms with Gasteiger partial charge in [0.15, 0.2) is 0 Å². The number of amides is 2. The van der Waals surface area contributed by atoms with E-state index in [9.17, 15) is 9.59 Å². The van der Waals surface area contributed by atoms with Gasteiger partial charge in [0.25, 0.3) is 0 Å². The summed E-state index contributed by atoms with van der Waals surface area (Å²) >= 11 is 0. The summed E-state index contributed by atoms with van der Waals surface area (Å²) in [4.78, 5) is 26.2. The van der Waals surface area contributed by atoms with Crippen LogP contribution in [0.5, 0.6) is 0 Å². The van der Waals surface area contributed by atoms with Gasteiger partial charge in [-0.1, -0.05) is 36.8 Å². The molecule has 0 aromatic heterocycles. The van der Waals surface area contributed by atoms with E-state index in [1.807, 2.05) is 38.1 Å². The van der Waals surface area contributed by atoms with Crippen LogP contribution in [0.15, 0.2) is 24.3 Å². The fourth-order valence-electron chi connectivity index (χ4n) is 2.42. The van der Waals surface area contributed by atoms with E-state index in [0.717, 1.165) is 5.56 Å². The zero-order valence-electron chi connectivity index (χ0n) is 12.4. The van der Waals surface area contributed by atoms with Gasteiger partial charge in [0, 0.05) is 19.5 Å². The molecule has 1 heterocycles. The molecule has 1 saturated heterocycles. The quantitative estimate of drug-likeness (QED) is 0.916. The highest BCUT2D eigenvalue weighted by molar-refractivity contribution is 5.93. The molecule has 20 heavy (non-hydrogen) atoms. The van der Waals surface area contributed by atoms with E-state index in [-0.39, 0.29) is 11.8 Å². The van der Waals surface area contributed by atoms with Crippen molar-refractivity contribution < 1.29 is 9.59 Å². The zero-order valence-corrected chi connectivity index (χ0v) is 12.4. The first-order valence-electron chi connectivity index (χ1n) is 7.10. The summed E-state index contributed by atoms with van der Waals surface area (Å²) in [5, 5.41) is 2.85. The van der Waals surface area contributed by atoms with Crippen molar-refractivity contribution >= 4 is 11.8 Å². The molecular weight excluding hydrogens is 252 g/mol. The van der Waals surface area contributed by atoms with Gasteiger partial charge in [-0.2, -0.15) is 0 Å². The highest BCUT2D eigenvalue weighted by Gasteiger charge is 2.38. The van der Waals surface area contributed by atoms with Crippen LogP contribution in [0.3, 0.4) is 0 Å². The van der Waals surface area contributed by atoms with Crippen molar-refractivity contribution in [3.8, 4) is 0 Å². The van der Waals surface area contributed by atoms with Crippen LogP contribution in [0.2, 0.25) is 0 Å². The van der Waals surface area contributed by atoms with Gasteiger partial charge in [-0.25, -0.2) is 0 Å². The Balaban J connectivity index is 2.19. The molecule has 2 amide bonds. The first-order chi connectivity index (χ1) is 9.44. The molecule has 2 rings (SSSR count). The van der Waals surface area contributed by atoms with Gasteiger partial charge in [-0.15, -0.1) is 0 Å². The van der Waals surface area contributed by atoms with Crippen LogP contribution in [0, 0.1) is 6.92 Å². The maximum atomic E-state index is 12.6. The highest BCUT2D eigenvalue weighted by atomic mass is 16.2. The minimum absolute atomic E-state index is 0.00595. The summed E-state index contributed by atoms with van der Waals surface area (Å²) < 4.78 is 0. The van der Waals surface area contributed by atoms with E-state index < -0.39 is 5.54 Å². The maximum Gasteiger partial charge on any atom is 0.248 e. The second kappa shape index (κ2) is 5.65. The number of hydrogen-bond acceptors (Lipinski definition) is 2. The third-order valence-electron chi connectivity index (χ3n) is 3.98. The number of carbonyl (C=O) groups is 2. The number of aryl methyl sites for hydroxylation is 1. The molecule has 4 nitrogen and oxygen atoms in total. The summed E-state index contributed by atoms with van der Waals surface area (Å²) in [5.41, 5.74) is 1.51. The van der Waals surface area contributed by atoms with Gasteiger partial charge >= 0.3 is 0 Å². The summed E-state index contributed by atoms with van der Waals surface area (Å²) in [7, 11) is 0. The number of nitrogens with zero attached hydrogens (tertiary/aromatic N) is 1. The topological polar surface area (TPSA) is 49.4 Å². The average molecular weight is 274 g/mol. The Morgan fingerprint density at radius 1 is 1.25 bits per heavy atom. The minimum Gasteiger partial charge on any atom is -0.342 e. The molecule has 1 aromatic carbocycles. The van der Waals surface area contributed by atoms with Gasteiger partial charge in [-0.3, -0.25) is 9.59 Å². The predicted molar refractivity (Wildman–Crippen MR) is 78.1 cm³/mol. The van der Waals surface area contributed by atoms with Crippen molar-refractivity contribution in [3.05, 3.63) is 35.4 Å². The fourth-order valence-corrected chi connectivity index (χ4v) is 2.42. The summed E-state index contributed by atoms with van der Waals surface area (Å²) in [6.07, 6.45) is 0.967. The molecule has 1 N–H and O–H groups in total. The first kappa shape index (κ1) is 14.6. The standard InChI is InChI=1S/C16H22N2O2/c1-4-16(3)15(20)18(10-9-14(19)17-16)11-13-7-5-12(2)6-8-13/h5-8H,4,9-11H2,1-3H3,(H,17,19).